The van der Waals surface area contributed by atoms with Crippen molar-refractivity contribution in [2.75, 3.05) is 5.32 Å². The molecule has 0 bridgehead atoms. The molecule has 0 heterocycles. The van der Waals surface area contributed by atoms with Crippen molar-refractivity contribution in [3.05, 3.63) is 24.3 Å². The zero-order chi connectivity index (χ0) is 10.8. The third kappa shape index (κ3) is 6.71. The van der Waals surface area contributed by atoms with Crippen molar-refractivity contribution in [1.29, 1.82) is 0 Å². The third-order valence-electron chi connectivity index (χ3n) is 1.45. The van der Waals surface area contributed by atoms with E-state index < -0.39 is 7.60 Å². The van der Waals surface area contributed by atoms with Gasteiger partial charge in [-0.2, -0.15) is 0 Å². The normalized spacial score (nSPS) is 9.62. The minimum Gasteiger partial charge on any atom is -0.807 e. The molecule has 1 rings (SSSR count). The van der Waals surface area contributed by atoms with Gasteiger partial charge in [-0.25, -0.2) is 0 Å². The quantitative estimate of drug-likeness (QED) is 0.316. The first-order valence-corrected chi connectivity index (χ1v) is 5.54. The van der Waals surface area contributed by atoms with Gasteiger partial charge in [0.25, 0.3) is 0 Å². The van der Waals surface area contributed by atoms with Crippen LogP contribution in [0.3, 0.4) is 0 Å². The van der Waals surface area contributed by atoms with Crippen LogP contribution in [-0.2, 0) is 4.57 Å². The van der Waals surface area contributed by atoms with Gasteiger partial charge < -0.3 is 25.4 Å². The summed E-state index contributed by atoms with van der Waals surface area (Å²) in [4.78, 5) is 21.1. The number of benzene rings is 1. The van der Waals surface area contributed by atoms with Gasteiger partial charge in [0.2, 0.25) is 0 Å². The molecular weight excluding hydrogens is 269 g/mol. The van der Waals surface area contributed by atoms with Crippen LogP contribution < -0.4 is 85.3 Å². The van der Waals surface area contributed by atoms with Gasteiger partial charge >= 0.3 is 59.1 Å². The Balaban J connectivity index is 0. The maximum absolute atomic E-state index is 10.6. The van der Waals surface area contributed by atoms with Crippen LogP contribution in [0.5, 0.6) is 0 Å². The molecule has 0 fully saturated rings. The van der Waals surface area contributed by atoms with Crippen LogP contribution in [-0.4, -0.2) is 5.11 Å². The topological polar surface area (TPSA) is 101 Å². The number of nitrogens with one attached hydrogen (secondary N) is 1. The van der Waals surface area contributed by atoms with E-state index in [0.717, 1.165) is 0 Å². The van der Waals surface area contributed by atoms with Gasteiger partial charge in [0.1, 0.15) is 0 Å². The summed E-state index contributed by atoms with van der Waals surface area (Å²) in [6.07, 6.45) is 0. The molecular formula is C7H7N2Na2O3PS. The van der Waals surface area contributed by atoms with E-state index in [0.29, 0.717) is 5.69 Å². The summed E-state index contributed by atoms with van der Waals surface area (Å²) in [6, 6.07) is 5.22. The van der Waals surface area contributed by atoms with E-state index in [2.05, 4.69) is 17.5 Å². The van der Waals surface area contributed by atoms with E-state index in [1.807, 2.05) is 0 Å². The fourth-order valence-electron chi connectivity index (χ4n) is 0.870. The van der Waals surface area contributed by atoms with Gasteiger partial charge in [-0.15, -0.1) is 0 Å². The Morgan fingerprint density at radius 1 is 1.25 bits per heavy atom. The van der Waals surface area contributed by atoms with Crippen LogP contribution >= 0.6 is 19.8 Å². The van der Waals surface area contributed by atoms with Crippen molar-refractivity contribution in [3.8, 4) is 0 Å². The van der Waals surface area contributed by atoms with Crippen LogP contribution in [0.1, 0.15) is 0 Å². The Bertz CT molecular complexity index is 395. The molecule has 0 aliphatic rings. The average molecular weight is 276 g/mol. The molecule has 0 amide bonds. The molecule has 0 atom stereocenters. The standard InChI is InChI=1S/C7H9N2O3PS.2Na/c8-7(14)9-5-1-3-6(4-2-5)13(10,11)12;;/h1-4H,(H3,8,9,14)(H2,10,11,12);;/q;2*+1/p-2. The van der Waals surface area contributed by atoms with Crippen molar-refractivity contribution in [1.82, 2.24) is 0 Å². The molecule has 0 aliphatic heterocycles. The van der Waals surface area contributed by atoms with Crippen LogP contribution in [0.4, 0.5) is 5.69 Å². The minimum atomic E-state index is -4.66. The number of anilines is 1. The molecule has 1 aromatic carbocycles. The smallest absolute Gasteiger partial charge is 0.807 e. The van der Waals surface area contributed by atoms with E-state index in [-0.39, 0.29) is 69.5 Å². The first kappa shape index (κ1) is 19.4. The molecule has 16 heavy (non-hydrogen) atoms. The Hall–Kier alpha value is 1.06. The number of rotatable bonds is 2. The van der Waals surface area contributed by atoms with E-state index in [1.165, 1.54) is 24.3 Å². The van der Waals surface area contributed by atoms with Gasteiger partial charge in [0.15, 0.2) is 5.11 Å². The number of hydrogen-bond acceptors (Lipinski definition) is 4. The first-order chi connectivity index (χ1) is 6.39. The van der Waals surface area contributed by atoms with Crippen molar-refractivity contribution < 1.29 is 73.5 Å². The minimum absolute atomic E-state index is 0. The van der Waals surface area contributed by atoms with Crippen molar-refractivity contribution in [2.45, 2.75) is 0 Å². The Morgan fingerprint density at radius 3 is 2.00 bits per heavy atom. The predicted octanol–water partition coefficient (Wildman–Crippen LogP) is -7.11. The summed E-state index contributed by atoms with van der Waals surface area (Å²) < 4.78 is 10.6. The fraction of sp³-hybridized carbons (Fsp3) is 0. The SMILES string of the molecule is NC(=S)Nc1ccc(P(=O)([O-])[O-])cc1.[Na+].[Na+]. The Labute approximate surface area is 143 Å². The summed E-state index contributed by atoms with van der Waals surface area (Å²) >= 11 is 4.57. The Morgan fingerprint density at radius 2 is 1.69 bits per heavy atom. The zero-order valence-electron chi connectivity index (χ0n) is 8.97. The van der Waals surface area contributed by atoms with Gasteiger partial charge in [-0.05, 0) is 37.3 Å². The number of thiocarbonyl (C=S) groups is 1. The van der Waals surface area contributed by atoms with Crippen LogP contribution in [0.25, 0.3) is 0 Å². The van der Waals surface area contributed by atoms with Crippen molar-refractivity contribution >= 4 is 35.9 Å². The summed E-state index contributed by atoms with van der Waals surface area (Å²) in [5.74, 6) is 0. The van der Waals surface area contributed by atoms with Crippen molar-refractivity contribution in [3.63, 3.8) is 0 Å². The first-order valence-electron chi connectivity index (χ1n) is 3.59. The van der Waals surface area contributed by atoms with Gasteiger partial charge in [0, 0.05) is 5.69 Å². The number of hydrogen-bond donors (Lipinski definition) is 2. The monoisotopic (exact) mass is 276 g/mol. The predicted molar refractivity (Wildman–Crippen MR) is 54.1 cm³/mol. The molecule has 76 valence electrons. The molecule has 0 spiro atoms. The van der Waals surface area contributed by atoms with Crippen LogP contribution in [0.15, 0.2) is 24.3 Å². The second-order valence-corrected chi connectivity index (χ2v) is 4.48. The van der Waals surface area contributed by atoms with Crippen LogP contribution in [0.2, 0.25) is 0 Å². The molecule has 9 heteroatoms. The molecule has 0 radical (unpaired) electrons. The second-order valence-electron chi connectivity index (χ2n) is 2.53. The molecule has 0 unspecified atom stereocenters. The maximum atomic E-state index is 10.6. The second kappa shape index (κ2) is 8.21. The summed E-state index contributed by atoms with van der Waals surface area (Å²) in [7, 11) is -4.66. The fourth-order valence-corrected chi connectivity index (χ4v) is 1.50. The summed E-state index contributed by atoms with van der Waals surface area (Å²) in [6.45, 7) is 0. The zero-order valence-corrected chi connectivity index (χ0v) is 14.7. The van der Waals surface area contributed by atoms with E-state index in [1.54, 1.807) is 0 Å². The molecule has 0 saturated heterocycles. The van der Waals surface area contributed by atoms with Crippen molar-refractivity contribution in [2.24, 2.45) is 5.73 Å². The van der Waals surface area contributed by atoms with E-state index in [9.17, 15) is 14.4 Å². The average Bonchev–Trinajstić information content (AvgIpc) is 2.02. The molecule has 1 aromatic rings. The Kier molecular flexibility index (Phi) is 9.96. The molecule has 0 aliphatic carbocycles. The maximum Gasteiger partial charge on any atom is 1.00 e. The van der Waals surface area contributed by atoms with Gasteiger partial charge in [0.05, 0.1) is 0 Å². The van der Waals surface area contributed by atoms with E-state index >= 15 is 0 Å². The summed E-state index contributed by atoms with van der Waals surface area (Å²) in [5, 5.41) is 2.41. The summed E-state index contributed by atoms with van der Waals surface area (Å²) in [5.41, 5.74) is 5.73. The van der Waals surface area contributed by atoms with E-state index in [4.69, 9.17) is 5.73 Å². The molecule has 0 saturated carbocycles. The van der Waals surface area contributed by atoms with Gasteiger partial charge in [-0.1, -0.05) is 12.1 Å². The number of nitrogens with two attached hydrogens (primary N) is 1. The molecule has 3 N–H and O–H groups in total. The molecule has 5 nitrogen and oxygen atoms in total. The van der Waals surface area contributed by atoms with Crippen LogP contribution in [0, 0.1) is 0 Å². The third-order valence-corrected chi connectivity index (χ3v) is 2.48. The van der Waals surface area contributed by atoms with Gasteiger partial charge in [-0.3, -0.25) is 0 Å². The molecule has 0 aromatic heterocycles. The largest absolute Gasteiger partial charge is 1.00 e.